The molecule has 2 aromatic carbocycles. The maximum absolute atomic E-state index is 13.7. The summed E-state index contributed by atoms with van der Waals surface area (Å²) in [4.78, 5) is 16.4. The minimum atomic E-state index is -4.86. The summed E-state index contributed by atoms with van der Waals surface area (Å²) in [6.07, 6.45) is -4.35. The molecular formula is C23H16Cl4F3N5. The summed E-state index contributed by atoms with van der Waals surface area (Å²) in [6, 6.07) is 12.7. The molecule has 0 aliphatic carbocycles. The van der Waals surface area contributed by atoms with Crippen molar-refractivity contribution in [2.45, 2.75) is 29.4 Å². The van der Waals surface area contributed by atoms with E-state index in [2.05, 4.69) is 19.9 Å². The maximum Gasteiger partial charge on any atom is 0.451 e. The summed E-state index contributed by atoms with van der Waals surface area (Å²) in [7, 11) is 0. The number of aromatic amines is 1. The van der Waals surface area contributed by atoms with Gasteiger partial charge in [-0.05, 0) is 42.7 Å². The van der Waals surface area contributed by atoms with Crippen molar-refractivity contribution in [1.29, 1.82) is 0 Å². The van der Waals surface area contributed by atoms with E-state index in [4.69, 9.17) is 46.4 Å². The van der Waals surface area contributed by atoms with Crippen LogP contribution < -0.4 is 4.90 Å². The number of benzene rings is 2. The molecular weight excluding hydrogens is 545 g/mol. The second-order valence-corrected chi connectivity index (χ2v) is 11.0. The molecule has 4 aromatic rings. The van der Waals surface area contributed by atoms with Crippen LogP contribution in [0.1, 0.15) is 40.1 Å². The first-order chi connectivity index (χ1) is 16.4. The first-order valence-electron chi connectivity index (χ1n) is 10.5. The number of hydrogen-bond donors (Lipinski definition) is 1. The van der Waals surface area contributed by atoms with Crippen LogP contribution in [0.3, 0.4) is 0 Å². The standard InChI is InChI=1S/C23H16Cl4F3N5/c1-11-2-4-12(5-3-11)18-17-14(15-10-13(24)6-7-16(15)31-17)8-9-35(18)21-33-19(22(25,26)27)32-20(34-21)23(28,29)30/h2-7,10,18,31H,8-9H2,1H3/t18-/m0/s1. The van der Waals surface area contributed by atoms with Crippen LogP contribution in [-0.2, 0) is 16.4 Å². The van der Waals surface area contributed by atoms with Gasteiger partial charge in [0.2, 0.25) is 15.6 Å². The highest BCUT2D eigenvalue weighted by Gasteiger charge is 2.41. The molecule has 12 heteroatoms. The van der Waals surface area contributed by atoms with Gasteiger partial charge in [-0.3, -0.25) is 0 Å². The third-order valence-corrected chi connectivity index (χ3v) is 6.61. The molecule has 1 aliphatic heterocycles. The smallest absolute Gasteiger partial charge is 0.356 e. The van der Waals surface area contributed by atoms with Crippen molar-refractivity contribution >= 4 is 63.3 Å². The molecule has 1 aliphatic rings. The largest absolute Gasteiger partial charge is 0.451 e. The fourth-order valence-electron chi connectivity index (χ4n) is 4.32. The Balaban J connectivity index is 1.73. The van der Waals surface area contributed by atoms with Crippen LogP contribution in [0.2, 0.25) is 5.02 Å². The van der Waals surface area contributed by atoms with Crippen molar-refractivity contribution in [2.75, 3.05) is 11.4 Å². The highest BCUT2D eigenvalue weighted by atomic mass is 35.6. The number of H-pyrrole nitrogens is 1. The lowest BCUT2D eigenvalue weighted by Gasteiger charge is -2.36. The van der Waals surface area contributed by atoms with Crippen molar-refractivity contribution in [3.63, 3.8) is 0 Å². The average molecular weight is 561 g/mol. The average Bonchev–Trinajstić information content (AvgIpc) is 3.15. The Labute approximate surface area is 218 Å². The van der Waals surface area contributed by atoms with Gasteiger partial charge < -0.3 is 9.88 Å². The van der Waals surface area contributed by atoms with Gasteiger partial charge in [-0.15, -0.1) is 0 Å². The molecule has 0 saturated carbocycles. The van der Waals surface area contributed by atoms with Crippen molar-refractivity contribution in [2.24, 2.45) is 0 Å². The summed E-state index contributed by atoms with van der Waals surface area (Å²) in [5.74, 6) is -2.26. The molecule has 5 nitrogen and oxygen atoms in total. The van der Waals surface area contributed by atoms with Crippen LogP contribution in [-0.4, -0.2) is 26.5 Å². The Bertz CT molecular complexity index is 1380. The van der Waals surface area contributed by atoms with Crippen molar-refractivity contribution in [1.82, 2.24) is 19.9 Å². The lowest BCUT2D eigenvalue weighted by molar-refractivity contribution is -0.145. The molecule has 0 fully saturated rings. The monoisotopic (exact) mass is 559 g/mol. The predicted octanol–water partition coefficient (Wildman–Crippen LogP) is 7.31. The summed E-state index contributed by atoms with van der Waals surface area (Å²) in [6.45, 7) is 2.26. The Morgan fingerprint density at radius 3 is 2.31 bits per heavy atom. The third kappa shape index (κ3) is 4.65. The highest BCUT2D eigenvalue weighted by molar-refractivity contribution is 6.66. The van der Waals surface area contributed by atoms with Crippen LogP contribution >= 0.6 is 46.4 Å². The zero-order valence-electron chi connectivity index (χ0n) is 18.0. The van der Waals surface area contributed by atoms with E-state index in [9.17, 15) is 13.2 Å². The molecule has 0 saturated heterocycles. The van der Waals surface area contributed by atoms with Crippen LogP contribution in [0.5, 0.6) is 0 Å². The van der Waals surface area contributed by atoms with Gasteiger partial charge in [-0.25, -0.2) is 4.98 Å². The summed E-state index contributed by atoms with van der Waals surface area (Å²) in [5, 5.41) is 1.55. The number of alkyl halides is 6. The quantitative estimate of drug-likeness (QED) is 0.261. The number of fused-ring (bicyclic) bond motifs is 3. The SMILES string of the molecule is Cc1ccc([C@H]2c3[nH]c4ccc(Cl)cc4c3CCN2c2nc(C(F)(F)F)nc(C(Cl)(Cl)Cl)n2)cc1. The van der Waals surface area contributed by atoms with Crippen molar-refractivity contribution < 1.29 is 13.2 Å². The van der Waals surface area contributed by atoms with Crippen LogP contribution in [0, 0.1) is 6.92 Å². The van der Waals surface area contributed by atoms with E-state index in [1.807, 2.05) is 43.3 Å². The van der Waals surface area contributed by atoms with Gasteiger partial charge in [0.25, 0.3) is 0 Å². The van der Waals surface area contributed by atoms with Gasteiger partial charge in [-0.1, -0.05) is 76.2 Å². The number of nitrogens with one attached hydrogen (secondary N) is 1. The summed E-state index contributed by atoms with van der Waals surface area (Å²) >= 11 is 23.9. The highest BCUT2D eigenvalue weighted by Crippen LogP contribution is 2.43. The molecule has 182 valence electrons. The lowest BCUT2D eigenvalue weighted by atomic mass is 9.92. The molecule has 0 unspecified atom stereocenters. The molecule has 0 amide bonds. The van der Waals surface area contributed by atoms with Gasteiger partial charge >= 0.3 is 6.18 Å². The lowest BCUT2D eigenvalue weighted by Crippen LogP contribution is -2.38. The first kappa shape index (κ1) is 24.4. The molecule has 35 heavy (non-hydrogen) atoms. The molecule has 5 rings (SSSR count). The predicted molar refractivity (Wildman–Crippen MR) is 131 cm³/mol. The zero-order chi connectivity index (χ0) is 25.1. The van der Waals surface area contributed by atoms with Gasteiger partial charge in [0, 0.05) is 28.2 Å². The molecule has 1 N–H and O–H groups in total. The van der Waals surface area contributed by atoms with Crippen LogP contribution in [0.15, 0.2) is 42.5 Å². The van der Waals surface area contributed by atoms with E-state index in [-0.39, 0.29) is 5.95 Å². The van der Waals surface area contributed by atoms with Crippen LogP contribution in [0.4, 0.5) is 19.1 Å². The number of aromatic nitrogens is 4. The molecule has 1 atom stereocenters. The zero-order valence-corrected chi connectivity index (χ0v) is 21.0. The number of aryl methyl sites for hydroxylation is 1. The minimum absolute atomic E-state index is 0.235. The van der Waals surface area contributed by atoms with Gasteiger partial charge in [0.05, 0.1) is 6.04 Å². The van der Waals surface area contributed by atoms with Gasteiger partial charge in [0.1, 0.15) is 0 Å². The maximum atomic E-state index is 13.7. The van der Waals surface area contributed by atoms with Gasteiger partial charge in [-0.2, -0.15) is 23.1 Å². The molecule has 0 spiro atoms. The summed E-state index contributed by atoms with van der Waals surface area (Å²) in [5.41, 5.74) is 4.57. The third-order valence-electron chi connectivity index (χ3n) is 5.87. The van der Waals surface area contributed by atoms with Crippen molar-refractivity contribution in [3.05, 3.63) is 81.5 Å². The van der Waals surface area contributed by atoms with E-state index in [1.54, 1.807) is 11.0 Å². The molecule has 0 radical (unpaired) electrons. The molecule has 2 aromatic heterocycles. The normalized spacial score (nSPS) is 16.6. The second kappa shape index (κ2) is 8.69. The Morgan fingerprint density at radius 2 is 1.66 bits per heavy atom. The number of nitrogens with zero attached hydrogens (tertiary/aromatic N) is 4. The second-order valence-electron chi connectivity index (χ2n) is 8.24. The molecule has 3 heterocycles. The number of rotatable bonds is 2. The Morgan fingerprint density at radius 1 is 0.971 bits per heavy atom. The first-order valence-corrected chi connectivity index (χ1v) is 12.0. The summed E-state index contributed by atoms with van der Waals surface area (Å²) < 4.78 is 38.7. The minimum Gasteiger partial charge on any atom is -0.356 e. The Kier molecular flexibility index (Phi) is 6.07. The van der Waals surface area contributed by atoms with E-state index in [0.717, 1.165) is 33.3 Å². The number of hydrogen-bond acceptors (Lipinski definition) is 4. The fraction of sp³-hybridized carbons (Fsp3) is 0.261. The number of halogens is 7. The van der Waals surface area contributed by atoms with E-state index < -0.39 is 27.7 Å². The Hall–Kier alpha value is -2.26. The molecule has 0 bridgehead atoms. The fourth-order valence-corrected chi connectivity index (χ4v) is 4.74. The number of anilines is 1. The van der Waals surface area contributed by atoms with E-state index in [1.165, 1.54) is 0 Å². The van der Waals surface area contributed by atoms with E-state index >= 15 is 0 Å². The van der Waals surface area contributed by atoms with Gasteiger partial charge in [0.15, 0.2) is 5.82 Å². The van der Waals surface area contributed by atoms with E-state index in [0.29, 0.717) is 18.0 Å². The van der Waals surface area contributed by atoms with Crippen LogP contribution in [0.25, 0.3) is 10.9 Å². The topological polar surface area (TPSA) is 57.7 Å². The van der Waals surface area contributed by atoms with Crippen molar-refractivity contribution in [3.8, 4) is 0 Å².